The number of aromatic amines is 1. The first-order chi connectivity index (χ1) is 15.5. The summed E-state index contributed by atoms with van der Waals surface area (Å²) in [5.41, 5.74) is 5.02. The number of ether oxygens (including phenoxy) is 2. The van der Waals surface area contributed by atoms with Gasteiger partial charge in [0.15, 0.2) is 11.5 Å². The summed E-state index contributed by atoms with van der Waals surface area (Å²) in [5, 5.41) is 10.4. The van der Waals surface area contributed by atoms with E-state index < -0.39 is 0 Å². The Kier molecular flexibility index (Phi) is 6.50. The fraction of sp³-hybridized carbons (Fsp3) is 0.120. The number of nitrogens with zero attached hydrogens (tertiary/aromatic N) is 2. The van der Waals surface area contributed by atoms with Gasteiger partial charge in [-0.05, 0) is 82.0 Å². The van der Waals surface area contributed by atoms with E-state index in [1.165, 1.54) is 0 Å². The molecule has 1 N–H and O–H groups in total. The molecule has 0 atom stereocenters. The minimum atomic E-state index is 0.364. The van der Waals surface area contributed by atoms with E-state index in [-0.39, 0.29) is 0 Å². The Bertz CT molecular complexity index is 1350. The number of hydrogen-bond donors (Lipinski definition) is 1. The number of hydrogen-bond acceptors (Lipinski definition) is 4. The number of aryl methyl sites for hydroxylation is 1. The summed E-state index contributed by atoms with van der Waals surface area (Å²) in [5.74, 6) is 1.65. The molecule has 1 heterocycles. The minimum absolute atomic E-state index is 0.364. The lowest BCUT2D eigenvalue weighted by Gasteiger charge is -2.14. The largest absolute Gasteiger partial charge is 0.493 e. The van der Waals surface area contributed by atoms with Gasteiger partial charge in [0, 0.05) is 5.02 Å². The highest BCUT2D eigenvalue weighted by molar-refractivity contribution is 9.10. The highest BCUT2D eigenvalue weighted by Crippen LogP contribution is 2.38. The Hall–Kier alpha value is -3.27. The maximum atomic E-state index is 9.75. The number of benzene rings is 3. The molecule has 0 saturated carbocycles. The van der Waals surface area contributed by atoms with Crippen LogP contribution in [0.2, 0.25) is 5.02 Å². The molecule has 7 heteroatoms. The number of fused-ring (bicyclic) bond motifs is 1. The summed E-state index contributed by atoms with van der Waals surface area (Å²) >= 11 is 9.51. The lowest BCUT2D eigenvalue weighted by molar-refractivity contribution is 0.282. The number of H-pyrrole nitrogens is 1. The number of halogens is 2. The van der Waals surface area contributed by atoms with Crippen molar-refractivity contribution < 1.29 is 9.47 Å². The summed E-state index contributed by atoms with van der Waals surface area (Å²) in [6, 6.07) is 19.3. The van der Waals surface area contributed by atoms with Crippen molar-refractivity contribution in [2.75, 3.05) is 7.11 Å². The second-order valence-corrected chi connectivity index (χ2v) is 8.52. The molecule has 0 aliphatic heterocycles. The Balaban J connectivity index is 1.63. The van der Waals surface area contributed by atoms with E-state index in [0.29, 0.717) is 34.5 Å². The van der Waals surface area contributed by atoms with E-state index in [1.54, 1.807) is 13.2 Å². The van der Waals surface area contributed by atoms with Gasteiger partial charge in [0.2, 0.25) is 0 Å². The van der Waals surface area contributed by atoms with Crippen LogP contribution in [0.5, 0.6) is 11.5 Å². The van der Waals surface area contributed by atoms with E-state index in [1.807, 2.05) is 61.5 Å². The van der Waals surface area contributed by atoms with E-state index >= 15 is 0 Å². The zero-order valence-corrected chi connectivity index (χ0v) is 19.8. The fourth-order valence-electron chi connectivity index (χ4n) is 3.27. The summed E-state index contributed by atoms with van der Waals surface area (Å²) in [7, 11) is 1.58. The van der Waals surface area contributed by atoms with Crippen molar-refractivity contribution in [1.29, 1.82) is 5.26 Å². The number of nitrogens with one attached hydrogen (secondary N) is 1. The molecule has 4 aromatic rings. The number of allylic oxidation sites excluding steroid dienone is 1. The molecule has 32 heavy (non-hydrogen) atoms. The van der Waals surface area contributed by atoms with Crippen LogP contribution in [0.1, 0.15) is 22.5 Å². The molecule has 0 aliphatic carbocycles. The van der Waals surface area contributed by atoms with Gasteiger partial charge in [0.1, 0.15) is 18.5 Å². The van der Waals surface area contributed by atoms with Gasteiger partial charge in [0.25, 0.3) is 0 Å². The van der Waals surface area contributed by atoms with Crippen LogP contribution < -0.4 is 9.47 Å². The summed E-state index contributed by atoms with van der Waals surface area (Å²) in [6.07, 6.45) is 1.76. The van der Waals surface area contributed by atoms with E-state index in [2.05, 4.69) is 32.0 Å². The van der Waals surface area contributed by atoms with Crippen LogP contribution in [0.25, 0.3) is 22.7 Å². The summed E-state index contributed by atoms with van der Waals surface area (Å²) < 4.78 is 12.2. The summed E-state index contributed by atoms with van der Waals surface area (Å²) in [4.78, 5) is 7.78. The van der Waals surface area contributed by atoms with Crippen molar-refractivity contribution >= 4 is 50.2 Å². The van der Waals surface area contributed by atoms with Gasteiger partial charge in [-0.3, -0.25) is 0 Å². The first kappa shape index (κ1) is 21.9. The Morgan fingerprint density at radius 3 is 2.69 bits per heavy atom. The van der Waals surface area contributed by atoms with E-state index in [0.717, 1.165) is 32.2 Å². The molecule has 0 unspecified atom stereocenters. The molecule has 4 rings (SSSR count). The third kappa shape index (κ3) is 4.80. The monoisotopic (exact) mass is 507 g/mol. The third-order valence-electron chi connectivity index (χ3n) is 4.87. The molecular weight excluding hydrogens is 490 g/mol. The van der Waals surface area contributed by atoms with Crippen molar-refractivity contribution in [2.24, 2.45) is 0 Å². The van der Waals surface area contributed by atoms with Crippen LogP contribution in [-0.4, -0.2) is 17.1 Å². The van der Waals surface area contributed by atoms with Crippen LogP contribution in [0.3, 0.4) is 0 Å². The average Bonchev–Trinajstić information content (AvgIpc) is 3.20. The van der Waals surface area contributed by atoms with Gasteiger partial charge in [-0.2, -0.15) is 5.26 Å². The standard InChI is InChI=1S/C25H19BrClN3O2/c1-15-3-8-21-22(9-15)30-25(29-21)18(13-28)10-17-11-20(26)24(23(12-17)31-2)32-14-16-4-6-19(27)7-5-16/h3-12H,14H2,1-2H3,(H,29,30)/b18-10-. The maximum absolute atomic E-state index is 9.75. The average molecular weight is 509 g/mol. The van der Waals surface area contributed by atoms with Gasteiger partial charge in [-0.25, -0.2) is 4.98 Å². The molecule has 160 valence electrons. The van der Waals surface area contributed by atoms with Crippen LogP contribution in [0.15, 0.2) is 59.1 Å². The minimum Gasteiger partial charge on any atom is -0.493 e. The fourth-order valence-corrected chi connectivity index (χ4v) is 3.97. The van der Waals surface area contributed by atoms with Crippen LogP contribution in [-0.2, 0) is 6.61 Å². The predicted octanol–water partition coefficient (Wildman–Crippen LogP) is 6.94. The second kappa shape index (κ2) is 9.47. The van der Waals surface area contributed by atoms with Gasteiger partial charge in [-0.1, -0.05) is 29.8 Å². The van der Waals surface area contributed by atoms with Crippen molar-refractivity contribution in [2.45, 2.75) is 13.5 Å². The molecule has 0 amide bonds. The van der Waals surface area contributed by atoms with Crippen molar-refractivity contribution in [3.63, 3.8) is 0 Å². The molecule has 0 saturated heterocycles. The molecule has 1 aromatic heterocycles. The van der Waals surface area contributed by atoms with Crippen LogP contribution >= 0.6 is 27.5 Å². The molecule has 3 aromatic carbocycles. The number of nitriles is 1. The third-order valence-corrected chi connectivity index (χ3v) is 5.71. The molecule has 0 radical (unpaired) electrons. The zero-order valence-electron chi connectivity index (χ0n) is 17.4. The SMILES string of the molecule is COc1cc(/C=C(/C#N)c2nc3ccc(C)cc3[nH]2)cc(Br)c1OCc1ccc(Cl)cc1. The smallest absolute Gasteiger partial charge is 0.175 e. The second-order valence-electron chi connectivity index (χ2n) is 7.23. The summed E-state index contributed by atoms with van der Waals surface area (Å²) in [6.45, 7) is 2.38. The quantitative estimate of drug-likeness (QED) is 0.286. The van der Waals surface area contributed by atoms with Crippen molar-refractivity contribution in [3.8, 4) is 17.6 Å². The maximum Gasteiger partial charge on any atom is 0.175 e. The molecule has 0 fully saturated rings. The first-order valence-electron chi connectivity index (χ1n) is 9.80. The first-order valence-corrected chi connectivity index (χ1v) is 11.0. The Morgan fingerprint density at radius 1 is 1.19 bits per heavy atom. The van der Waals surface area contributed by atoms with Gasteiger partial charge >= 0.3 is 0 Å². The van der Waals surface area contributed by atoms with E-state index in [4.69, 9.17) is 21.1 Å². The Morgan fingerprint density at radius 2 is 1.97 bits per heavy atom. The van der Waals surface area contributed by atoms with Crippen molar-refractivity contribution in [3.05, 3.63) is 86.6 Å². The molecule has 0 spiro atoms. The van der Waals surface area contributed by atoms with Gasteiger partial charge in [-0.15, -0.1) is 0 Å². The lowest BCUT2D eigenvalue weighted by atomic mass is 10.1. The number of imidazole rings is 1. The van der Waals surface area contributed by atoms with Crippen LogP contribution in [0.4, 0.5) is 0 Å². The number of rotatable bonds is 6. The predicted molar refractivity (Wildman–Crippen MR) is 131 cm³/mol. The molecule has 5 nitrogen and oxygen atoms in total. The van der Waals surface area contributed by atoms with Crippen molar-refractivity contribution in [1.82, 2.24) is 9.97 Å². The molecule has 0 bridgehead atoms. The zero-order chi connectivity index (χ0) is 22.7. The highest BCUT2D eigenvalue weighted by Gasteiger charge is 2.14. The normalized spacial score (nSPS) is 11.4. The highest BCUT2D eigenvalue weighted by atomic mass is 79.9. The Labute approximate surface area is 199 Å². The van der Waals surface area contributed by atoms with Crippen LogP contribution in [0, 0.1) is 18.3 Å². The van der Waals surface area contributed by atoms with Gasteiger partial charge in [0.05, 0.1) is 28.2 Å². The molecule has 0 aliphatic rings. The number of methoxy groups -OCH3 is 1. The lowest BCUT2D eigenvalue weighted by Crippen LogP contribution is -1.99. The number of aromatic nitrogens is 2. The molecular formula is C25H19BrClN3O2. The topological polar surface area (TPSA) is 70.9 Å². The van der Waals surface area contributed by atoms with E-state index in [9.17, 15) is 5.26 Å². The van der Waals surface area contributed by atoms with Gasteiger partial charge < -0.3 is 14.5 Å².